The molecule has 2 aromatic carbocycles. The van der Waals surface area contributed by atoms with Crippen molar-refractivity contribution in [2.75, 3.05) is 58.4 Å². The van der Waals surface area contributed by atoms with Crippen LogP contribution in [0.4, 0.5) is 5.69 Å². The van der Waals surface area contributed by atoms with Crippen molar-refractivity contribution in [1.82, 2.24) is 10.2 Å². The summed E-state index contributed by atoms with van der Waals surface area (Å²) in [7, 11) is 3.28. The van der Waals surface area contributed by atoms with Gasteiger partial charge in [-0.25, -0.2) is 0 Å². The largest absolute Gasteiger partial charge is 0.497 e. The van der Waals surface area contributed by atoms with Crippen LogP contribution in [0.1, 0.15) is 17.0 Å². The summed E-state index contributed by atoms with van der Waals surface area (Å²) in [4.78, 5) is 17.3. The second-order valence-electron chi connectivity index (χ2n) is 7.63. The molecular formula is C24H29N3O4. The maximum absolute atomic E-state index is 12.4. The first-order chi connectivity index (χ1) is 15.2. The molecule has 0 unspecified atom stereocenters. The summed E-state index contributed by atoms with van der Waals surface area (Å²) in [6.07, 6.45) is 0.901. The summed E-state index contributed by atoms with van der Waals surface area (Å²) in [5.41, 5.74) is 1.83. The van der Waals surface area contributed by atoms with E-state index in [4.69, 9.17) is 13.9 Å². The predicted octanol–water partition coefficient (Wildman–Crippen LogP) is 3.39. The van der Waals surface area contributed by atoms with Crippen molar-refractivity contribution < 1.29 is 18.7 Å². The van der Waals surface area contributed by atoms with Crippen LogP contribution in [0.5, 0.6) is 11.5 Å². The van der Waals surface area contributed by atoms with Crippen molar-refractivity contribution in [1.29, 1.82) is 0 Å². The highest BCUT2D eigenvalue weighted by atomic mass is 16.5. The van der Waals surface area contributed by atoms with Gasteiger partial charge in [0.25, 0.3) is 5.91 Å². The number of nitrogens with zero attached hydrogens (tertiary/aromatic N) is 2. The fourth-order valence-electron chi connectivity index (χ4n) is 3.92. The first kappa shape index (κ1) is 21.1. The van der Waals surface area contributed by atoms with E-state index in [1.54, 1.807) is 20.3 Å². The molecule has 4 rings (SSSR count). The molecule has 1 aliphatic rings. The predicted molar refractivity (Wildman–Crippen MR) is 121 cm³/mol. The molecular weight excluding hydrogens is 394 g/mol. The zero-order valence-corrected chi connectivity index (χ0v) is 18.1. The third-order valence-electron chi connectivity index (χ3n) is 5.70. The number of para-hydroxylation sites is 1. The molecule has 1 aliphatic heterocycles. The number of rotatable bonds is 8. The molecule has 0 spiro atoms. The van der Waals surface area contributed by atoms with Gasteiger partial charge in [-0.1, -0.05) is 12.1 Å². The van der Waals surface area contributed by atoms with E-state index in [9.17, 15) is 4.79 Å². The van der Waals surface area contributed by atoms with Gasteiger partial charge in [-0.15, -0.1) is 0 Å². The Morgan fingerprint density at radius 2 is 1.81 bits per heavy atom. The molecule has 0 bridgehead atoms. The Morgan fingerprint density at radius 1 is 1.03 bits per heavy atom. The molecule has 1 amide bonds. The van der Waals surface area contributed by atoms with E-state index in [0.29, 0.717) is 23.6 Å². The number of piperazine rings is 1. The molecule has 1 aromatic heterocycles. The number of methoxy groups -OCH3 is 2. The van der Waals surface area contributed by atoms with Gasteiger partial charge in [-0.3, -0.25) is 9.69 Å². The van der Waals surface area contributed by atoms with E-state index in [2.05, 4.69) is 27.2 Å². The number of benzene rings is 2. The van der Waals surface area contributed by atoms with Crippen LogP contribution in [-0.2, 0) is 0 Å². The molecule has 7 nitrogen and oxygen atoms in total. The van der Waals surface area contributed by atoms with Crippen LogP contribution in [-0.4, -0.2) is 64.3 Å². The van der Waals surface area contributed by atoms with Gasteiger partial charge in [0.15, 0.2) is 17.1 Å². The van der Waals surface area contributed by atoms with Crippen LogP contribution >= 0.6 is 0 Å². The number of carbonyl (C=O) groups excluding carboxylic acids is 1. The van der Waals surface area contributed by atoms with Crippen LogP contribution in [0.25, 0.3) is 11.0 Å². The maximum atomic E-state index is 12.4. The molecule has 31 heavy (non-hydrogen) atoms. The number of amides is 1. The van der Waals surface area contributed by atoms with Crippen LogP contribution in [0.2, 0.25) is 0 Å². The Bertz CT molecular complexity index is 1010. The molecule has 0 radical (unpaired) electrons. The van der Waals surface area contributed by atoms with Gasteiger partial charge >= 0.3 is 0 Å². The monoisotopic (exact) mass is 423 g/mol. The number of fused-ring (bicyclic) bond motifs is 1. The van der Waals surface area contributed by atoms with E-state index < -0.39 is 0 Å². The lowest BCUT2D eigenvalue weighted by atomic mass is 10.2. The van der Waals surface area contributed by atoms with Crippen molar-refractivity contribution in [2.45, 2.75) is 6.42 Å². The zero-order valence-electron chi connectivity index (χ0n) is 18.1. The van der Waals surface area contributed by atoms with Crippen molar-refractivity contribution in [2.24, 2.45) is 0 Å². The van der Waals surface area contributed by atoms with Crippen LogP contribution in [0, 0.1) is 0 Å². The normalized spacial score (nSPS) is 14.6. The maximum Gasteiger partial charge on any atom is 0.287 e. The molecule has 0 atom stereocenters. The van der Waals surface area contributed by atoms with Gasteiger partial charge in [-0.2, -0.15) is 0 Å². The summed E-state index contributed by atoms with van der Waals surface area (Å²) in [5.74, 6) is 1.63. The van der Waals surface area contributed by atoms with Crippen LogP contribution < -0.4 is 19.7 Å². The molecule has 1 saturated heterocycles. The van der Waals surface area contributed by atoms with E-state index in [1.165, 1.54) is 5.69 Å². The van der Waals surface area contributed by atoms with Gasteiger partial charge in [0.2, 0.25) is 0 Å². The fraction of sp³-hybridized carbons (Fsp3) is 0.375. The minimum atomic E-state index is -0.192. The number of nitrogens with one attached hydrogen (secondary N) is 1. The molecule has 7 heteroatoms. The smallest absolute Gasteiger partial charge is 0.287 e. The van der Waals surface area contributed by atoms with Gasteiger partial charge < -0.3 is 24.1 Å². The van der Waals surface area contributed by atoms with Gasteiger partial charge in [0.1, 0.15) is 5.75 Å². The molecule has 1 N–H and O–H groups in total. The average Bonchev–Trinajstić information content (AvgIpc) is 3.27. The summed E-state index contributed by atoms with van der Waals surface area (Å²) >= 11 is 0. The van der Waals surface area contributed by atoms with Gasteiger partial charge in [0.05, 0.1) is 14.2 Å². The molecule has 0 aliphatic carbocycles. The fourth-order valence-corrected chi connectivity index (χ4v) is 3.92. The molecule has 0 saturated carbocycles. The highest BCUT2D eigenvalue weighted by molar-refractivity contribution is 5.97. The Balaban J connectivity index is 1.19. The average molecular weight is 424 g/mol. The van der Waals surface area contributed by atoms with E-state index >= 15 is 0 Å². The minimum Gasteiger partial charge on any atom is -0.497 e. The number of ether oxygens (including phenoxy) is 2. The molecule has 3 aromatic rings. The highest BCUT2D eigenvalue weighted by Gasteiger charge is 2.18. The minimum absolute atomic E-state index is 0.192. The standard InChI is InChI=1S/C24H29N3O4/c1-29-20-9-7-19(8-10-20)27-15-13-26(14-16-27)12-4-11-25-24(28)22-17-18-5-3-6-21(30-2)23(18)31-22/h3,5-10,17H,4,11-16H2,1-2H3,(H,25,28). The quantitative estimate of drug-likeness (QED) is 0.560. The zero-order chi connectivity index (χ0) is 21.6. The van der Waals surface area contributed by atoms with Crippen molar-refractivity contribution in [3.8, 4) is 11.5 Å². The Hall–Kier alpha value is -3.19. The van der Waals surface area contributed by atoms with Crippen LogP contribution in [0.3, 0.4) is 0 Å². The SMILES string of the molecule is COc1ccc(N2CCN(CCCNC(=O)c3cc4cccc(OC)c4o3)CC2)cc1. The van der Waals surface area contributed by atoms with Crippen molar-refractivity contribution in [3.63, 3.8) is 0 Å². The van der Waals surface area contributed by atoms with Crippen LogP contribution in [0.15, 0.2) is 52.9 Å². The third-order valence-corrected chi connectivity index (χ3v) is 5.70. The number of furan rings is 1. The Kier molecular flexibility index (Phi) is 6.62. The third kappa shape index (κ3) is 4.94. The topological polar surface area (TPSA) is 67.2 Å². The summed E-state index contributed by atoms with van der Waals surface area (Å²) in [5, 5.41) is 3.82. The Morgan fingerprint density at radius 3 is 2.52 bits per heavy atom. The lowest BCUT2D eigenvalue weighted by Crippen LogP contribution is -2.47. The lowest BCUT2D eigenvalue weighted by Gasteiger charge is -2.36. The molecule has 1 fully saturated rings. The summed E-state index contributed by atoms with van der Waals surface area (Å²) in [6.45, 7) is 5.61. The Labute approximate surface area is 182 Å². The summed E-state index contributed by atoms with van der Waals surface area (Å²) in [6, 6.07) is 15.6. The molecule has 2 heterocycles. The second-order valence-corrected chi connectivity index (χ2v) is 7.63. The first-order valence-corrected chi connectivity index (χ1v) is 10.6. The number of anilines is 1. The number of hydrogen-bond donors (Lipinski definition) is 1. The number of carbonyl (C=O) groups is 1. The van der Waals surface area contributed by atoms with Gasteiger partial charge in [-0.05, 0) is 49.4 Å². The van der Waals surface area contributed by atoms with E-state index in [0.717, 1.165) is 50.3 Å². The van der Waals surface area contributed by atoms with Gasteiger partial charge in [0, 0.05) is 43.8 Å². The summed E-state index contributed by atoms with van der Waals surface area (Å²) < 4.78 is 16.2. The molecule has 164 valence electrons. The van der Waals surface area contributed by atoms with E-state index in [-0.39, 0.29) is 5.91 Å². The second kappa shape index (κ2) is 9.75. The number of hydrogen-bond acceptors (Lipinski definition) is 6. The highest BCUT2D eigenvalue weighted by Crippen LogP contribution is 2.28. The first-order valence-electron chi connectivity index (χ1n) is 10.6. The lowest BCUT2D eigenvalue weighted by molar-refractivity contribution is 0.0926. The van der Waals surface area contributed by atoms with Crippen molar-refractivity contribution in [3.05, 3.63) is 54.3 Å². The van der Waals surface area contributed by atoms with Crippen molar-refractivity contribution >= 4 is 22.6 Å². The van der Waals surface area contributed by atoms with E-state index in [1.807, 2.05) is 30.3 Å².